The molecule has 0 spiro atoms. The molecule has 0 saturated carbocycles. The minimum atomic E-state index is -0.366. The third-order valence-corrected chi connectivity index (χ3v) is 4.08. The van der Waals surface area contributed by atoms with Crippen LogP contribution in [-0.2, 0) is 16.1 Å². The van der Waals surface area contributed by atoms with Crippen molar-refractivity contribution in [2.75, 3.05) is 33.6 Å². The standard InChI is InChI=1S/C18H25NO3S/c1-18(2,11-10-17(20)23-5)19(3)12-13-22-14-15-6-8-16(21-4)9-7-15/h6-9H,12-14H2,1-5H3. The molecule has 0 aliphatic carbocycles. The zero-order valence-electron chi connectivity index (χ0n) is 14.5. The van der Waals surface area contributed by atoms with Gasteiger partial charge in [-0.2, -0.15) is 0 Å². The first-order valence-electron chi connectivity index (χ1n) is 7.42. The highest BCUT2D eigenvalue weighted by Crippen LogP contribution is 2.13. The predicted molar refractivity (Wildman–Crippen MR) is 95.7 cm³/mol. The Labute approximate surface area is 143 Å². The summed E-state index contributed by atoms with van der Waals surface area (Å²) >= 11 is 1.13. The summed E-state index contributed by atoms with van der Waals surface area (Å²) in [6.45, 7) is 5.90. The molecule has 0 bridgehead atoms. The first-order chi connectivity index (χ1) is 10.9. The second-order valence-corrected chi connectivity index (χ2v) is 6.40. The number of hydrogen-bond acceptors (Lipinski definition) is 5. The lowest BCUT2D eigenvalue weighted by atomic mass is 10.0. The Morgan fingerprint density at radius 1 is 1.30 bits per heavy atom. The van der Waals surface area contributed by atoms with E-state index in [1.165, 1.54) is 0 Å². The number of ether oxygens (including phenoxy) is 2. The summed E-state index contributed by atoms with van der Waals surface area (Å²) in [6, 6.07) is 7.83. The van der Waals surface area contributed by atoms with Gasteiger partial charge in [-0.1, -0.05) is 29.8 Å². The van der Waals surface area contributed by atoms with Crippen molar-refractivity contribution in [1.29, 1.82) is 0 Å². The Bertz CT molecular complexity index is 558. The molecule has 1 rings (SSSR count). The minimum Gasteiger partial charge on any atom is -0.497 e. The van der Waals surface area contributed by atoms with Crippen molar-refractivity contribution in [3.63, 3.8) is 0 Å². The van der Waals surface area contributed by atoms with Crippen molar-refractivity contribution in [2.45, 2.75) is 26.0 Å². The van der Waals surface area contributed by atoms with Crippen molar-refractivity contribution in [3.8, 4) is 17.6 Å². The van der Waals surface area contributed by atoms with E-state index in [9.17, 15) is 4.79 Å². The molecule has 0 aliphatic rings. The fourth-order valence-electron chi connectivity index (χ4n) is 1.74. The lowest BCUT2D eigenvalue weighted by Crippen LogP contribution is -2.41. The van der Waals surface area contributed by atoms with Gasteiger partial charge in [-0.3, -0.25) is 9.69 Å². The summed E-state index contributed by atoms with van der Waals surface area (Å²) in [6.07, 6.45) is 1.74. The van der Waals surface area contributed by atoms with E-state index < -0.39 is 0 Å². The molecule has 5 heteroatoms. The number of thioether (sulfide) groups is 1. The highest BCUT2D eigenvalue weighted by molar-refractivity contribution is 8.13. The van der Waals surface area contributed by atoms with E-state index in [0.717, 1.165) is 29.6 Å². The summed E-state index contributed by atoms with van der Waals surface area (Å²) in [4.78, 5) is 13.4. The number of rotatable bonds is 7. The summed E-state index contributed by atoms with van der Waals surface area (Å²) in [7, 11) is 3.63. The number of carbonyl (C=O) groups excluding carboxylic acids is 1. The highest BCUT2D eigenvalue weighted by Gasteiger charge is 2.20. The van der Waals surface area contributed by atoms with Gasteiger partial charge < -0.3 is 9.47 Å². The van der Waals surface area contributed by atoms with Crippen molar-refractivity contribution >= 4 is 16.9 Å². The average molecular weight is 335 g/mol. The van der Waals surface area contributed by atoms with E-state index in [1.54, 1.807) is 13.4 Å². The maximum Gasteiger partial charge on any atom is 0.262 e. The van der Waals surface area contributed by atoms with Crippen molar-refractivity contribution in [3.05, 3.63) is 29.8 Å². The topological polar surface area (TPSA) is 38.8 Å². The molecule has 126 valence electrons. The van der Waals surface area contributed by atoms with Crippen LogP contribution in [0.2, 0.25) is 0 Å². The Hall–Kier alpha value is -1.48. The maximum absolute atomic E-state index is 11.3. The second kappa shape index (κ2) is 9.61. The van der Waals surface area contributed by atoms with Gasteiger partial charge in [-0.05, 0) is 50.8 Å². The van der Waals surface area contributed by atoms with Crippen LogP contribution in [0.25, 0.3) is 0 Å². The van der Waals surface area contributed by atoms with E-state index in [0.29, 0.717) is 13.2 Å². The van der Waals surface area contributed by atoms with E-state index in [2.05, 4.69) is 16.7 Å². The lowest BCUT2D eigenvalue weighted by Gasteiger charge is -2.30. The number of hydrogen-bond donors (Lipinski definition) is 0. The molecular weight excluding hydrogens is 310 g/mol. The largest absolute Gasteiger partial charge is 0.497 e. The van der Waals surface area contributed by atoms with Crippen LogP contribution in [-0.4, -0.2) is 49.1 Å². The molecule has 0 fully saturated rings. The Morgan fingerprint density at radius 3 is 2.52 bits per heavy atom. The number of benzene rings is 1. The van der Waals surface area contributed by atoms with Gasteiger partial charge in [0.05, 0.1) is 25.9 Å². The quantitative estimate of drug-likeness (QED) is 0.566. The number of carbonyl (C=O) groups is 1. The van der Waals surface area contributed by atoms with Gasteiger partial charge in [0.25, 0.3) is 5.12 Å². The molecule has 0 atom stereocenters. The Kier molecular flexibility index (Phi) is 8.18. The van der Waals surface area contributed by atoms with Crippen LogP contribution in [0.4, 0.5) is 0 Å². The summed E-state index contributed by atoms with van der Waals surface area (Å²) in [5.74, 6) is 6.52. The number of nitrogens with zero attached hydrogens (tertiary/aromatic N) is 1. The van der Waals surface area contributed by atoms with E-state index >= 15 is 0 Å². The molecule has 0 amide bonds. The molecule has 0 unspecified atom stereocenters. The first-order valence-corrected chi connectivity index (χ1v) is 8.64. The lowest BCUT2D eigenvalue weighted by molar-refractivity contribution is -0.106. The number of methoxy groups -OCH3 is 1. The van der Waals surface area contributed by atoms with Crippen molar-refractivity contribution in [2.24, 2.45) is 0 Å². The van der Waals surface area contributed by atoms with Crippen LogP contribution < -0.4 is 4.74 Å². The first kappa shape index (κ1) is 19.6. The zero-order chi connectivity index (χ0) is 17.3. The van der Waals surface area contributed by atoms with E-state index in [1.807, 2.05) is 45.2 Å². The molecule has 4 nitrogen and oxygen atoms in total. The van der Waals surface area contributed by atoms with Crippen LogP contribution in [0.5, 0.6) is 5.75 Å². The van der Waals surface area contributed by atoms with Crippen LogP contribution in [0.15, 0.2) is 24.3 Å². The maximum atomic E-state index is 11.3. The van der Waals surface area contributed by atoms with Gasteiger partial charge in [0, 0.05) is 6.54 Å². The smallest absolute Gasteiger partial charge is 0.262 e. The molecule has 1 aromatic rings. The van der Waals surface area contributed by atoms with Gasteiger partial charge in [0.15, 0.2) is 0 Å². The highest BCUT2D eigenvalue weighted by atomic mass is 32.2. The van der Waals surface area contributed by atoms with Crippen molar-refractivity contribution in [1.82, 2.24) is 4.90 Å². The molecule has 0 radical (unpaired) electrons. The summed E-state index contributed by atoms with van der Waals surface area (Å²) in [5.41, 5.74) is 0.743. The SMILES string of the molecule is COc1ccc(COCCN(C)C(C)(C)C#CC(=O)SC)cc1. The summed E-state index contributed by atoms with van der Waals surface area (Å²) in [5, 5.41) is -0.109. The zero-order valence-corrected chi connectivity index (χ0v) is 15.3. The molecule has 0 aliphatic heterocycles. The fraction of sp³-hybridized carbons (Fsp3) is 0.500. The van der Waals surface area contributed by atoms with E-state index in [4.69, 9.17) is 9.47 Å². The normalized spacial score (nSPS) is 11.0. The molecule has 0 aromatic heterocycles. The molecule has 0 saturated heterocycles. The molecule has 0 N–H and O–H groups in total. The van der Waals surface area contributed by atoms with Crippen LogP contribution >= 0.6 is 11.8 Å². The molecule has 23 heavy (non-hydrogen) atoms. The fourth-order valence-corrected chi connectivity index (χ4v) is 1.90. The van der Waals surface area contributed by atoms with Crippen LogP contribution in [0, 0.1) is 11.8 Å². The Balaban J connectivity index is 2.38. The monoisotopic (exact) mass is 335 g/mol. The summed E-state index contributed by atoms with van der Waals surface area (Å²) < 4.78 is 10.8. The predicted octanol–water partition coefficient (Wildman–Crippen LogP) is 2.82. The van der Waals surface area contributed by atoms with Gasteiger partial charge in [-0.15, -0.1) is 0 Å². The van der Waals surface area contributed by atoms with Crippen LogP contribution in [0.1, 0.15) is 19.4 Å². The van der Waals surface area contributed by atoms with Gasteiger partial charge in [-0.25, -0.2) is 0 Å². The van der Waals surface area contributed by atoms with Gasteiger partial charge in [0.1, 0.15) is 5.75 Å². The average Bonchev–Trinajstić information content (AvgIpc) is 2.56. The second-order valence-electron chi connectivity index (χ2n) is 5.62. The number of likely N-dealkylation sites (N-methyl/N-ethyl adjacent to an activating group) is 1. The molecular formula is C18H25NO3S. The van der Waals surface area contributed by atoms with Crippen molar-refractivity contribution < 1.29 is 14.3 Å². The molecule has 1 aromatic carbocycles. The Morgan fingerprint density at radius 2 is 1.96 bits per heavy atom. The third-order valence-electron chi connectivity index (χ3n) is 3.61. The third kappa shape index (κ3) is 7.08. The van der Waals surface area contributed by atoms with E-state index in [-0.39, 0.29) is 10.7 Å². The minimum absolute atomic E-state index is 0.109. The van der Waals surface area contributed by atoms with Crippen LogP contribution in [0.3, 0.4) is 0 Å². The van der Waals surface area contributed by atoms with Gasteiger partial charge >= 0.3 is 0 Å². The van der Waals surface area contributed by atoms with Gasteiger partial charge in [0.2, 0.25) is 0 Å². The molecule has 0 heterocycles.